The van der Waals surface area contributed by atoms with E-state index < -0.39 is 10.9 Å². The summed E-state index contributed by atoms with van der Waals surface area (Å²) < 4.78 is 10.7. The number of furan rings is 1. The van der Waals surface area contributed by atoms with E-state index in [2.05, 4.69) is 4.99 Å². The lowest BCUT2D eigenvalue weighted by Gasteiger charge is -2.12. The molecule has 0 radical (unpaired) electrons. The Morgan fingerprint density at radius 3 is 2.69 bits per heavy atom. The fourth-order valence-electron chi connectivity index (χ4n) is 3.69. The van der Waals surface area contributed by atoms with E-state index in [1.807, 2.05) is 19.9 Å². The zero-order chi connectivity index (χ0) is 26.0. The summed E-state index contributed by atoms with van der Waals surface area (Å²) in [5, 5.41) is 11.9. The van der Waals surface area contributed by atoms with Crippen molar-refractivity contribution in [2.45, 2.75) is 20.8 Å². The van der Waals surface area contributed by atoms with E-state index in [1.54, 1.807) is 49.4 Å². The van der Waals surface area contributed by atoms with Gasteiger partial charge in [-0.05, 0) is 74.5 Å². The van der Waals surface area contributed by atoms with Gasteiger partial charge in [-0.1, -0.05) is 6.07 Å². The lowest BCUT2D eigenvalue weighted by atomic mass is 10.0. The topological polar surface area (TPSA) is 115 Å². The molecule has 3 aromatic rings. The lowest BCUT2D eigenvalue weighted by Crippen LogP contribution is -2.28. The van der Waals surface area contributed by atoms with Crippen LogP contribution in [0.15, 0.2) is 62.8 Å². The van der Waals surface area contributed by atoms with Crippen LogP contribution in [0.5, 0.6) is 0 Å². The Bertz CT molecular complexity index is 1440. The first-order chi connectivity index (χ1) is 17.2. The Labute approximate surface area is 211 Å². The molecule has 0 bridgehead atoms. The highest BCUT2D eigenvalue weighted by Crippen LogP contribution is 2.36. The zero-order valence-electron chi connectivity index (χ0n) is 20.1. The number of carbonyl (C=O) groups excluding carboxylic acids is 2. The van der Waals surface area contributed by atoms with Gasteiger partial charge in [0.1, 0.15) is 11.5 Å². The number of hydrogen-bond donors (Lipinski definition) is 0. The van der Waals surface area contributed by atoms with Gasteiger partial charge in [-0.2, -0.15) is 0 Å². The van der Waals surface area contributed by atoms with Crippen molar-refractivity contribution in [2.24, 2.45) is 4.99 Å². The summed E-state index contributed by atoms with van der Waals surface area (Å²) in [6, 6.07) is 13.4. The van der Waals surface area contributed by atoms with Crippen LogP contribution in [0.4, 0.5) is 11.4 Å². The third-order valence-electron chi connectivity index (χ3n) is 5.72. The number of hydrogen-bond acceptors (Lipinski definition) is 8. The third-order valence-corrected chi connectivity index (χ3v) is 6.72. The van der Waals surface area contributed by atoms with Crippen LogP contribution in [0, 0.1) is 24.0 Å². The van der Waals surface area contributed by atoms with Crippen molar-refractivity contribution >= 4 is 46.3 Å². The molecule has 1 fully saturated rings. The fraction of sp³-hybridized carbons (Fsp3) is 0.192. The van der Waals surface area contributed by atoms with Crippen molar-refractivity contribution in [1.82, 2.24) is 4.90 Å². The first-order valence-corrected chi connectivity index (χ1v) is 11.9. The number of nitro benzene ring substituents is 1. The average Bonchev–Trinajstić information content (AvgIpc) is 3.44. The van der Waals surface area contributed by atoms with Gasteiger partial charge >= 0.3 is 5.97 Å². The van der Waals surface area contributed by atoms with Crippen LogP contribution in [0.1, 0.15) is 34.2 Å². The smallest absolute Gasteiger partial charge is 0.337 e. The lowest BCUT2D eigenvalue weighted by molar-refractivity contribution is -0.385. The second kappa shape index (κ2) is 10.2. The third kappa shape index (κ3) is 4.94. The maximum atomic E-state index is 13.0. The first-order valence-electron chi connectivity index (χ1n) is 11.1. The molecule has 0 atom stereocenters. The summed E-state index contributed by atoms with van der Waals surface area (Å²) >= 11 is 1.20. The monoisotopic (exact) mass is 505 g/mol. The Hall–Kier alpha value is -4.18. The largest absolute Gasteiger partial charge is 0.465 e. The normalized spacial score (nSPS) is 15.7. The first kappa shape index (κ1) is 24.9. The molecular formula is C26H23N3O6S. The van der Waals surface area contributed by atoms with E-state index in [1.165, 1.54) is 29.8 Å². The molecule has 2 aromatic carbocycles. The number of aliphatic imine (C=N–C) groups is 1. The van der Waals surface area contributed by atoms with Crippen molar-refractivity contribution in [3.05, 3.63) is 86.0 Å². The number of esters is 1. The number of amidine groups is 1. The molecule has 0 spiro atoms. The van der Waals surface area contributed by atoms with Crippen molar-refractivity contribution < 1.29 is 23.7 Å². The molecule has 9 nitrogen and oxygen atoms in total. The molecular weight excluding hydrogens is 482 g/mol. The van der Waals surface area contributed by atoms with E-state index >= 15 is 0 Å². The minimum absolute atomic E-state index is 0.0264. The summed E-state index contributed by atoms with van der Waals surface area (Å²) in [5.41, 5.74) is 2.88. The summed E-state index contributed by atoms with van der Waals surface area (Å²) in [6.07, 6.45) is 1.63. The van der Waals surface area contributed by atoms with Gasteiger partial charge in [0.25, 0.3) is 11.6 Å². The Morgan fingerprint density at radius 1 is 1.22 bits per heavy atom. The van der Waals surface area contributed by atoms with Crippen LogP contribution in [0.25, 0.3) is 17.4 Å². The van der Waals surface area contributed by atoms with Crippen molar-refractivity contribution in [3.63, 3.8) is 0 Å². The van der Waals surface area contributed by atoms with Crippen LogP contribution < -0.4 is 0 Å². The Kier molecular flexibility index (Phi) is 7.07. The van der Waals surface area contributed by atoms with Gasteiger partial charge in [0.15, 0.2) is 5.17 Å². The van der Waals surface area contributed by atoms with Crippen molar-refractivity contribution in [1.29, 1.82) is 0 Å². The predicted octanol–water partition coefficient (Wildman–Crippen LogP) is 5.88. The van der Waals surface area contributed by atoms with Crippen molar-refractivity contribution in [2.75, 3.05) is 13.7 Å². The van der Waals surface area contributed by atoms with Gasteiger partial charge in [-0.3, -0.25) is 19.8 Å². The summed E-state index contributed by atoms with van der Waals surface area (Å²) in [5.74, 6) is 0.212. The number of amides is 1. The Balaban J connectivity index is 1.63. The quantitative estimate of drug-likeness (QED) is 0.178. The number of likely N-dealkylation sites (N-methyl/N-ethyl adjacent to an activating group) is 1. The van der Waals surface area contributed by atoms with Crippen LogP contribution in [0.2, 0.25) is 0 Å². The molecule has 0 aliphatic carbocycles. The highest BCUT2D eigenvalue weighted by atomic mass is 32.2. The van der Waals surface area contributed by atoms with Gasteiger partial charge < -0.3 is 9.15 Å². The van der Waals surface area contributed by atoms with Gasteiger partial charge in [-0.25, -0.2) is 9.79 Å². The highest BCUT2D eigenvalue weighted by molar-refractivity contribution is 8.18. The van der Waals surface area contributed by atoms with Crippen LogP contribution in [0.3, 0.4) is 0 Å². The van der Waals surface area contributed by atoms with E-state index in [4.69, 9.17) is 9.15 Å². The predicted molar refractivity (Wildman–Crippen MR) is 138 cm³/mol. The average molecular weight is 506 g/mol. The van der Waals surface area contributed by atoms with Crippen LogP contribution in [-0.4, -0.2) is 40.5 Å². The number of nitrogens with zero attached hydrogens (tertiary/aromatic N) is 3. The van der Waals surface area contributed by atoms with Gasteiger partial charge in [-0.15, -0.1) is 0 Å². The zero-order valence-corrected chi connectivity index (χ0v) is 20.9. The van der Waals surface area contributed by atoms with Gasteiger partial charge in [0.2, 0.25) is 0 Å². The molecule has 2 heterocycles. The molecule has 1 aliphatic heterocycles. The molecule has 184 valence electrons. The number of benzene rings is 2. The molecule has 4 rings (SSSR count). The maximum Gasteiger partial charge on any atom is 0.337 e. The second-order valence-corrected chi connectivity index (χ2v) is 9.00. The number of carbonyl (C=O) groups is 2. The number of rotatable bonds is 6. The molecule has 1 aromatic heterocycles. The molecule has 0 N–H and O–H groups in total. The molecule has 1 amide bonds. The Morgan fingerprint density at radius 2 is 2.00 bits per heavy atom. The minimum atomic E-state index is -0.470. The number of ether oxygens (including phenoxy) is 1. The molecule has 36 heavy (non-hydrogen) atoms. The number of aryl methyl sites for hydroxylation is 1. The molecule has 10 heteroatoms. The summed E-state index contributed by atoms with van der Waals surface area (Å²) in [6.45, 7) is 5.78. The van der Waals surface area contributed by atoms with E-state index in [0.717, 1.165) is 5.56 Å². The fourth-order valence-corrected chi connectivity index (χ4v) is 4.73. The molecule has 0 unspecified atom stereocenters. The summed E-state index contributed by atoms with van der Waals surface area (Å²) in [7, 11) is 1.31. The highest BCUT2D eigenvalue weighted by Gasteiger charge is 2.32. The van der Waals surface area contributed by atoms with Gasteiger partial charge in [0.05, 0.1) is 28.2 Å². The van der Waals surface area contributed by atoms with Crippen LogP contribution >= 0.6 is 11.8 Å². The number of thioether (sulfide) groups is 1. The van der Waals surface area contributed by atoms with Gasteiger partial charge in [0, 0.05) is 29.8 Å². The number of nitro groups is 1. The molecule has 0 saturated carbocycles. The standard InChI is InChI=1S/C26H23N3O6S/c1-5-28-24(30)23(36-26(28)27-19-8-6-7-17(12-19)25(31)34-4)14-20-9-10-22(35-20)18-11-15(2)16(3)21(13-18)29(32)33/h6-14H,5H2,1-4H3. The van der Waals surface area contributed by atoms with E-state index in [0.29, 0.717) is 50.5 Å². The number of methoxy groups -OCH3 is 1. The minimum Gasteiger partial charge on any atom is -0.465 e. The summed E-state index contributed by atoms with van der Waals surface area (Å²) in [4.78, 5) is 42.4. The second-order valence-electron chi connectivity index (χ2n) is 7.99. The van der Waals surface area contributed by atoms with E-state index in [-0.39, 0.29) is 11.6 Å². The van der Waals surface area contributed by atoms with Crippen LogP contribution in [-0.2, 0) is 9.53 Å². The van der Waals surface area contributed by atoms with E-state index in [9.17, 15) is 19.7 Å². The molecule has 1 saturated heterocycles. The van der Waals surface area contributed by atoms with Crippen molar-refractivity contribution in [3.8, 4) is 11.3 Å². The maximum absolute atomic E-state index is 13.0. The SMILES string of the molecule is CCN1C(=O)C(=Cc2ccc(-c3cc(C)c(C)c([N+](=O)[O-])c3)o2)SC1=Nc1cccc(C(=O)OC)c1. The molecule has 1 aliphatic rings.